The molecule has 23 heavy (non-hydrogen) atoms. The Hall–Kier alpha value is -2.27. The minimum atomic E-state index is -0.905. The lowest BCUT2D eigenvalue weighted by atomic mass is 9.96. The second-order valence-electron chi connectivity index (χ2n) is 5.93. The standard InChI is InChI=1S/C18H21NO4/c1-4-5-12-23-18(2,3)17(22)13-6-8-14(9-7-13)19-15(20)10-11-16(19)21/h6-11H,4-5,12H2,1-3H3. The van der Waals surface area contributed by atoms with Crippen molar-refractivity contribution in [3.63, 3.8) is 0 Å². The van der Waals surface area contributed by atoms with Gasteiger partial charge in [0.2, 0.25) is 0 Å². The molecule has 5 nitrogen and oxygen atoms in total. The number of ether oxygens (including phenoxy) is 1. The molecule has 0 aliphatic carbocycles. The summed E-state index contributed by atoms with van der Waals surface area (Å²) in [5.74, 6) is -0.882. The molecule has 0 spiro atoms. The number of nitrogens with zero attached hydrogens (tertiary/aromatic N) is 1. The summed E-state index contributed by atoms with van der Waals surface area (Å²) in [7, 11) is 0. The lowest BCUT2D eigenvalue weighted by Crippen LogP contribution is -2.35. The number of benzene rings is 1. The Morgan fingerprint density at radius 3 is 2.17 bits per heavy atom. The molecule has 5 heteroatoms. The predicted octanol–water partition coefficient (Wildman–Crippen LogP) is 2.89. The average Bonchev–Trinajstić information content (AvgIpc) is 2.86. The van der Waals surface area contributed by atoms with Crippen molar-refractivity contribution in [2.75, 3.05) is 11.5 Å². The molecule has 0 aromatic heterocycles. The van der Waals surface area contributed by atoms with Gasteiger partial charge in [0.05, 0.1) is 5.69 Å². The maximum Gasteiger partial charge on any atom is 0.258 e. The lowest BCUT2D eigenvalue weighted by molar-refractivity contribution is -0.119. The predicted molar refractivity (Wildman–Crippen MR) is 87.3 cm³/mol. The van der Waals surface area contributed by atoms with Crippen LogP contribution in [0.5, 0.6) is 0 Å². The molecule has 1 heterocycles. The van der Waals surface area contributed by atoms with Crippen LogP contribution in [0.1, 0.15) is 44.0 Å². The summed E-state index contributed by atoms with van der Waals surface area (Å²) in [4.78, 5) is 36.9. The molecule has 0 bridgehead atoms. The van der Waals surface area contributed by atoms with Crippen molar-refractivity contribution >= 4 is 23.3 Å². The van der Waals surface area contributed by atoms with Crippen molar-refractivity contribution in [3.05, 3.63) is 42.0 Å². The number of amides is 2. The number of rotatable bonds is 7. The first-order valence-electron chi connectivity index (χ1n) is 7.72. The van der Waals surface area contributed by atoms with Crippen LogP contribution in [-0.2, 0) is 14.3 Å². The highest BCUT2D eigenvalue weighted by molar-refractivity contribution is 6.28. The lowest BCUT2D eigenvalue weighted by Gasteiger charge is -2.24. The van der Waals surface area contributed by atoms with E-state index in [2.05, 4.69) is 6.92 Å². The molecule has 1 aliphatic heterocycles. The molecule has 0 unspecified atom stereocenters. The summed E-state index contributed by atoms with van der Waals surface area (Å²) < 4.78 is 5.67. The normalized spacial score (nSPS) is 14.7. The molecule has 0 fully saturated rings. The average molecular weight is 315 g/mol. The number of carbonyl (C=O) groups excluding carboxylic acids is 3. The quantitative estimate of drug-likeness (QED) is 0.441. The fourth-order valence-corrected chi connectivity index (χ4v) is 2.30. The van der Waals surface area contributed by atoms with E-state index in [4.69, 9.17) is 4.74 Å². The highest BCUT2D eigenvalue weighted by Crippen LogP contribution is 2.23. The second kappa shape index (κ2) is 6.87. The number of carbonyl (C=O) groups is 3. The van der Waals surface area contributed by atoms with Gasteiger partial charge in [-0.1, -0.05) is 13.3 Å². The summed E-state index contributed by atoms with van der Waals surface area (Å²) in [5, 5.41) is 0. The van der Waals surface area contributed by atoms with Crippen LogP contribution in [0.15, 0.2) is 36.4 Å². The van der Waals surface area contributed by atoms with E-state index in [0.29, 0.717) is 17.9 Å². The zero-order valence-electron chi connectivity index (χ0n) is 13.7. The summed E-state index contributed by atoms with van der Waals surface area (Å²) in [6.45, 7) is 6.09. The van der Waals surface area contributed by atoms with E-state index in [9.17, 15) is 14.4 Å². The Morgan fingerprint density at radius 1 is 1.09 bits per heavy atom. The van der Waals surface area contributed by atoms with Gasteiger partial charge in [-0.25, -0.2) is 4.90 Å². The molecule has 0 radical (unpaired) electrons. The highest BCUT2D eigenvalue weighted by Gasteiger charge is 2.30. The highest BCUT2D eigenvalue weighted by atomic mass is 16.5. The molecule has 2 rings (SSSR count). The topological polar surface area (TPSA) is 63.7 Å². The fraction of sp³-hybridized carbons (Fsp3) is 0.389. The van der Waals surface area contributed by atoms with Crippen molar-refractivity contribution in [2.45, 2.75) is 39.2 Å². The molecule has 1 aromatic carbocycles. The molecule has 1 aliphatic rings. The molecule has 1 aromatic rings. The van der Waals surface area contributed by atoms with Gasteiger partial charge in [0, 0.05) is 24.3 Å². The van der Waals surface area contributed by atoms with Crippen LogP contribution < -0.4 is 4.90 Å². The maximum absolute atomic E-state index is 12.5. The van der Waals surface area contributed by atoms with Crippen molar-refractivity contribution < 1.29 is 19.1 Å². The first-order valence-corrected chi connectivity index (χ1v) is 7.72. The van der Waals surface area contributed by atoms with E-state index in [1.54, 1.807) is 38.1 Å². The van der Waals surface area contributed by atoms with E-state index < -0.39 is 5.60 Å². The molecule has 2 amide bonds. The van der Waals surface area contributed by atoms with Crippen LogP contribution in [-0.4, -0.2) is 29.8 Å². The number of anilines is 1. The smallest absolute Gasteiger partial charge is 0.258 e. The van der Waals surface area contributed by atoms with Crippen LogP contribution in [0.4, 0.5) is 5.69 Å². The van der Waals surface area contributed by atoms with Gasteiger partial charge in [-0.15, -0.1) is 0 Å². The maximum atomic E-state index is 12.5. The Labute approximate surface area is 135 Å². The monoisotopic (exact) mass is 315 g/mol. The number of hydrogen-bond acceptors (Lipinski definition) is 4. The molecular weight excluding hydrogens is 294 g/mol. The molecule has 0 saturated carbocycles. The summed E-state index contributed by atoms with van der Waals surface area (Å²) in [6, 6.07) is 6.42. The first-order chi connectivity index (χ1) is 10.9. The Morgan fingerprint density at radius 2 is 1.65 bits per heavy atom. The molecule has 122 valence electrons. The fourth-order valence-electron chi connectivity index (χ4n) is 2.30. The van der Waals surface area contributed by atoms with Gasteiger partial charge in [-0.3, -0.25) is 14.4 Å². The van der Waals surface area contributed by atoms with Crippen molar-refractivity contribution in [2.24, 2.45) is 0 Å². The van der Waals surface area contributed by atoms with Gasteiger partial charge in [0.15, 0.2) is 5.78 Å². The first kappa shape index (κ1) is 17.1. The van der Waals surface area contributed by atoms with Crippen LogP contribution in [0.25, 0.3) is 0 Å². The number of ketones is 1. The number of unbranched alkanes of at least 4 members (excludes halogenated alkanes) is 1. The largest absolute Gasteiger partial charge is 0.367 e. The zero-order valence-corrected chi connectivity index (χ0v) is 13.7. The molecule has 0 N–H and O–H groups in total. The van der Waals surface area contributed by atoms with E-state index in [1.165, 1.54) is 12.2 Å². The summed E-state index contributed by atoms with van der Waals surface area (Å²) >= 11 is 0. The minimum Gasteiger partial charge on any atom is -0.367 e. The second-order valence-corrected chi connectivity index (χ2v) is 5.93. The van der Waals surface area contributed by atoms with Gasteiger partial charge in [-0.2, -0.15) is 0 Å². The van der Waals surface area contributed by atoms with Gasteiger partial charge in [-0.05, 0) is 44.5 Å². The van der Waals surface area contributed by atoms with E-state index >= 15 is 0 Å². The third-order valence-electron chi connectivity index (χ3n) is 3.70. The molecular formula is C18H21NO4. The number of hydrogen-bond donors (Lipinski definition) is 0. The summed E-state index contributed by atoms with van der Waals surface area (Å²) in [5.41, 5.74) is 0.0332. The van der Waals surface area contributed by atoms with Crippen LogP contribution >= 0.6 is 0 Å². The molecule has 0 saturated heterocycles. The minimum absolute atomic E-state index is 0.127. The van der Waals surface area contributed by atoms with Gasteiger partial charge >= 0.3 is 0 Å². The van der Waals surface area contributed by atoms with E-state index in [1.807, 2.05) is 0 Å². The Kier molecular flexibility index (Phi) is 5.11. The Balaban J connectivity index is 2.11. The zero-order chi connectivity index (χ0) is 17.0. The third kappa shape index (κ3) is 3.74. The number of Topliss-reactive ketones (excluding diaryl/α,β-unsaturated/α-hetero) is 1. The van der Waals surface area contributed by atoms with Crippen LogP contribution in [0.2, 0.25) is 0 Å². The van der Waals surface area contributed by atoms with E-state index in [0.717, 1.165) is 17.7 Å². The van der Waals surface area contributed by atoms with Crippen molar-refractivity contribution in [1.82, 2.24) is 0 Å². The van der Waals surface area contributed by atoms with Crippen molar-refractivity contribution in [1.29, 1.82) is 0 Å². The third-order valence-corrected chi connectivity index (χ3v) is 3.70. The van der Waals surface area contributed by atoms with Crippen molar-refractivity contribution in [3.8, 4) is 0 Å². The van der Waals surface area contributed by atoms with Gasteiger partial charge in [0.1, 0.15) is 5.60 Å². The van der Waals surface area contributed by atoms with Gasteiger partial charge < -0.3 is 4.74 Å². The summed E-state index contributed by atoms with van der Waals surface area (Å²) in [6.07, 6.45) is 4.37. The Bertz CT molecular complexity index is 625. The van der Waals surface area contributed by atoms with Crippen LogP contribution in [0.3, 0.4) is 0 Å². The molecule has 0 atom stereocenters. The van der Waals surface area contributed by atoms with E-state index in [-0.39, 0.29) is 17.6 Å². The number of imide groups is 1. The SMILES string of the molecule is CCCCOC(C)(C)C(=O)c1ccc(N2C(=O)C=CC2=O)cc1. The van der Waals surface area contributed by atoms with Gasteiger partial charge in [0.25, 0.3) is 11.8 Å². The van der Waals surface area contributed by atoms with Crippen LogP contribution in [0, 0.1) is 0 Å².